The molecule has 2 aromatic rings. The van der Waals surface area contributed by atoms with Gasteiger partial charge in [-0.3, -0.25) is 4.57 Å². The van der Waals surface area contributed by atoms with E-state index in [4.69, 9.17) is 9.47 Å². The number of aliphatic hydroxyl groups is 1. The number of fused-ring (bicyclic) bond motifs is 1. The molecule has 1 heterocycles. The smallest absolute Gasteiger partial charge is 0.420 e. The number of benzene rings is 1. The number of hydrogen-bond acceptors (Lipinski definition) is 4. The number of aromatic nitrogens is 1. The highest BCUT2D eigenvalue weighted by Gasteiger charge is 2.13. The largest absolute Gasteiger partial charge is 0.422 e. The van der Waals surface area contributed by atoms with Crippen LogP contribution in [0.2, 0.25) is 0 Å². The van der Waals surface area contributed by atoms with Crippen molar-refractivity contribution in [2.45, 2.75) is 77.7 Å². The van der Waals surface area contributed by atoms with E-state index in [1.54, 1.807) is 6.20 Å². The van der Waals surface area contributed by atoms with Crippen molar-refractivity contribution in [1.82, 2.24) is 4.57 Å². The summed E-state index contributed by atoms with van der Waals surface area (Å²) in [5.41, 5.74) is 1.44. The minimum atomic E-state index is -0.487. The van der Waals surface area contributed by atoms with Gasteiger partial charge in [-0.25, -0.2) is 4.79 Å². The zero-order valence-corrected chi connectivity index (χ0v) is 17.2. The van der Waals surface area contributed by atoms with Gasteiger partial charge >= 0.3 is 6.09 Å². The average Bonchev–Trinajstić information content (AvgIpc) is 3.10. The van der Waals surface area contributed by atoms with Crippen molar-refractivity contribution >= 4 is 17.0 Å². The number of para-hydroxylation sites is 1. The molecule has 5 nitrogen and oxygen atoms in total. The minimum Gasteiger partial charge on any atom is -0.422 e. The predicted molar refractivity (Wildman–Crippen MR) is 112 cm³/mol. The summed E-state index contributed by atoms with van der Waals surface area (Å²) in [5, 5.41) is 10.3. The molecule has 1 aromatic carbocycles. The quantitative estimate of drug-likeness (QED) is 0.317. The van der Waals surface area contributed by atoms with E-state index < -0.39 is 6.09 Å². The highest BCUT2D eigenvalue weighted by Crippen LogP contribution is 2.21. The highest BCUT2D eigenvalue weighted by atomic mass is 16.7. The number of carbonyl (C=O) groups is 1. The van der Waals surface area contributed by atoms with Gasteiger partial charge in [0, 0.05) is 17.1 Å². The van der Waals surface area contributed by atoms with E-state index in [9.17, 15) is 9.90 Å². The van der Waals surface area contributed by atoms with Crippen molar-refractivity contribution in [3.05, 3.63) is 36.0 Å². The molecule has 0 aliphatic carbocycles. The molecular formula is C23H35NO4. The maximum atomic E-state index is 12.3. The van der Waals surface area contributed by atoms with Gasteiger partial charge in [0.2, 0.25) is 0 Å². The summed E-state index contributed by atoms with van der Waals surface area (Å²) in [4.78, 5) is 12.3. The van der Waals surface area contributed by atoms with Gasteiger partial charge in [0.1, 0.15) is 0 Å². The minimum absolute atomic E-state index is 0.0444. The second kappa shape index (κ2) is 13.3. The number of carbonyl (C=O) groups excluding carboxylic acids is 1. The van der Waals surface area contributed by atoms with Gasteiger partial charge in [0.25, 0.3) is 0 Å². The monoisotopic (exact) mass is 389 g/mol. The summed E-state index contributed by atoms with van der Waals surface area (Å²) in [6.45, 7) is 2.70. The first kappa shape index (κ1) is 22.4. The van der Waals surface area contributed by atoms with E-state index in [-0.39, 0.29) is 13.4 Å². The zero-order chi connectivity index (χ0) is 20.0. The summed E-state index contributed by atoms with van der Waals surface area (Å²) in [6.07, 6.45) is 14.0. The molecule has 1 aromatic heterocycles. The molecule has 0 aliphatic heterocycles. The summed E-state index contributed by atoms with van der Waals surface area (Å²) in [7, 11) is 0. The lowest BCUT2D eigenvalue weighted by Crippen LogP contribution is -2.15. The molecule has 0 aliphatic rings. The molecule has 156 valence electrons. The molecule has 0 amide bonds. The van der Waals surface area contributed by atoms with Crippen molar-refractivity contribution in [3.63, 3.8) is 0 Å². The molecule has 0 unspecified atom stereocenters. The van der Waals surface area contributed by atoms with Crippen LogP contribution in [0, 0.1) is 0 Å². The normalized spacial score (nSPS) is 11.2. The van der Waals surface area contributed by atoms with Crippen LogP contribution in [0.3, 0.4) is 0 Å². The standard InChI is InChI=1S/C23H35NO4/c1-2-3-4-5-6-7-8-9-10-13-16-27-19-28-23(26)24-17-20(18-25)21-14-11-12-15-22(21)24/h11-12,14-15,17,25H,2-10,13,16,18-19H2,1H3. The van der Waals surface area contributed by atoms with Gasteiger partial charge in [-0.05, 0) is 12.5 Å². The molecule has 0 fully saturated rings. The van der Waals surface area contributed by atoms with Crippen LogP contribution >= 0.6 is 0 Å². The lowest BCUT2D eigenvalue weighted by Gasteiger charge is -2.07. The number of rotatable bonds is 14. The Bertz CT molecular complexity index is 695. The van der Waals surface area contributed by atoms with Crippen LogP contribution in [0.5, 0.6) is 0 Å². The Labute approximate surface area is 168 Å². The molecule has 0 saturated carbocycles. The maximum absolute atomic E-state index is 12.3. The Morgan fingerprint density at radius 2 is 1.61 bits per heavy atom. The first-order valence-electron chi connectivity index (χ1n) is 10.7. The molecule has 0 bridgehead atoms. The van der Waals surface area contributed by atoms with E-state index in [1.165, 1.54) is 55.9 Å². The van der Waals surface area contributed by atoms with E-state index in [2.05, 4.69) is 6.92 Å². The average molecular weight is 390 g/mol. The van der Waals surface area contributed by atoms with E-state index in [0.29, 0.717) is 12.2 Å². The predicted octanol–water partition coefficient (Wildman–Crippen LogP) is 6.01. The zero-order valence-electron chi connectivity index (χ0n) is 17.2. The van der Waals surface area contributed by atoms with Crippen molar-refractivity contribution in [3.8, 4) is 0 Å². The van der Waals surface area contributed by atoms with Gasteiger partial charge in [-0.15, -0.1) is 0 Å². The first-order valence-corrected chi connectivity index (χ1v) is 10.7. The lowest BCUT2D eigenvalue weighted by molar-refractivity contribution is -0.0155. The van der Waals surface area contributed by atoms with Crippen molar-refractivity contribution in [1.29, 1.82) is 0 Å². The number of ether oxygens (including phenoxy) is 2. The lowest BCUT2D eigenvalue weighted by atomic mass is 10.1. The Kier molecular flexibility index (Phi) is 10.7. The fourth-order valence-electron chi connectivity index (χ4n) is 3.44. The fraction of sp³-hybridized carbons (Fsp3) is 0.609. The van der Waals surface area contributed by atoms with Crippen molar-refractivity contribution in [2.24, 2.45) is 0 Å². The van der Waals surface area contributed by atoms with E-state index >= 15 is 0 Å². The second-order valence-corrected chi connectivity index (χ2v) is 7.32. The van der Waals surface area contributed by atoms with Gasteiger partial charge in [0.05, 0.1) is 18.7 Å². The molecule has 2 rings (SSSR count). The van der Waals surface area contributed by atoms with E-state index in [1.807, 2.05) is 24.3 Å². The van der Waals surface area contributed by atoms with Gasteiger partial charge in [-0.2, -0.15) is 0 Å². The molecule has 1 N–H and O–H groups in total. The summed E-state index contributed by atoms with van der Waals surface area (Å²) < 4.78 is 12.1. The Morgan fingerprint density at radius 1 is 0.964 bits per heavy atom. The SMILES string of the molecule is CCCCCCCCCCCCOCOC(=O)n1cc(CO)c2ccccc21. The molecule has 0 radical (unpaired) electrons. The number of aliphatic hydroxyl groups excluding tert-OH is 1. The number of hydrogen-bond donors (Lipinski definition) is 1. The molecule has 0 saturated heterocycles. The molecule has 0 spiro atoms. The maximum Gasteiger partial charge on any atom is 0.420 e. The van der Waals surface area contributed by atoms with Crippen LogP contribution in [0.15, 0.2) is 30.5 Å². The molecular weight excluding hydrogens is 354 g/mol. The van der Waals surface area contributed by atoms with Crippen LogP contribution < -0.4 is 0 Å². The fourth-order valence-corrected chi connectivity index (χ4v) is 3.44. The first-order chi connectivity index (χ1) is 13.8. The number of nitrogens with zero attached hydrogens (tertiary/aromatic N) is 1. The van der Waals surface area contributed by atoms with Gasteiger partial charge < -0.3 is 14.6 Å². The Hall–Kier alpha value is -1.85. The third kappa shape index (κ3) is 7.28. The van der Waals surface area contributed by atoms with E-state index in [0.717, 1.165) is 23.7 Å². The third-order valence-corrected chi connectivity index (χ3v) is 5.07. The Balaban J connectivity index is 1.54. The molecule has 28 heavy (non-hydrogen) atoms. The van der Waals surface area contributed by atoms with Gasteiger partial charge in [-0.1, -0.05) is 82.9 Å². The van der Waals surface area contributed by atoms with Crippen LogP contribution in [-0.2, 0) is 16.1 Å². The van der Waals surface area contributed by atoms with Crippen LogP contribution in [0.4, 0.5) is 4.79 Å². The Morgan fingerprint density at radius 3 is 2.29 bits per heavy atom. The topological polar surface area (TPSA) is 60.7 Å². The molecule has 0 atom stereocenters. The third-order valence-electron chi connectivity index (χ3n) is 5.07. The summed E-state index contributed by atoms with van der Waals surface area (Å²) >= 11 is 0. The van der Waals surface area contributed by atoms with Crippen LogP contribution in [0.25, 0.3) is 10.9 Å². The summed E-state index contributed by atoms with van der Waals surface area (Å²) in [6, 6.07) is 7.45. The van der Waals surface area contributed by atoms with Crippen LogP contribution in [-0.4, -0.2) is 29.2 Å². The summed E-state index contributed by atoms with van der Waals surface area (Å²) in [5.74, 6) is 0. The van der Waals surface area contributed by atoms with Gasteiger partial charge in [0.15, 0.2) is 6.79 Å². The van der Waals surface area contributed by atoms with Crippen molar-refractivity contribution in [2.75, 3.05) is 13.4 Å². The highest BCUT2D eigenvalue weighted by molar-refractivity contribution is 5.91. The van der Waals surface area contributed by atoms with Crippen molar-refractivity contribution < 1.29 is 19.4 Å². The second-order valence-electron chi connectivity index (χ2n) is 7.32. The van der Waals surface area contributed by atoms with Crippen LogP contribution in [0.1, 0.15) is 76.7 Å². The molecule has 5 heteroatoms. The number of unbranched alkanes of at least 4 members (excludes halogenated alkanes) is 9.